The molecule has 118 valence electrons. The minimum atomic E-state index is 0. The van der Waals surface area contributed by atoms with Gasteiger partial charge in [-0.05, 0) is 37.3 Å². The fourth-order valence-corrected chi connectivity index (χ4v) is 2.84. The van der Waals surface area contributed by atoms with Crippen LogP contribution in [0.3, 0.4) is 0 Å². The Morgan fingerprint density at radius 1 is 1.38 bits per heavy atom. The quantitative estimate of drug-likeness (QED) is 0.877. The fourth-order valence-electron chi connectivity index (χ4n) is 2.84. The maximum absolute atomic E-state index is 12.1. The lowest BCUT2D eigenvalue weighted by molar-refractivity contribution is -0.126. The van der Waals surface area contributed by atoms with Crippen molar-refractivity contribution < 1.29 is 9.53 Å². The highest BCUT2D eigenvalue weighted by Crippen LogP contribution is 2.23. The van der Waals surface area contributed by atoms with Crippen molar-refractivity contribution in [2.75, 3.05) is 13.7 Å². The molecule has 0 radical (unpaired) electrons. The van der Waals surface area contributed by atoms with Crippen LogP contribution in [0, 0.1) is 5.92 Å². The number of ether oxygens (including phenoxy) is 1. The Morgan fingerprint density at radius 3 is 2.86 bits per heavy atom. The van der Waals surface area contributed by atoms with Gasteiger partial charge >= 0.3 is 0 Å². The van der Waals surface area contributed by atoms with Crippen LogP contribution in [-0.4, -0.2) is 25.6 Å². The zero-order valence-corrected chi connectivity index (χ0v) is 13.3. The summed E-state index contributed by atoms with van der Waals surface area (Å²) < 4.78 is 5.30. The summed E-state index contributed by atoms with van der Waals surface area (Å²) in [5, 5.41) is 3.02. The standard InChI is InChI=1S/C16H24N2O2.ClH/c1-20-15-8-3-2-5-12(15)9-10-18-16(19)13-6-4-7-14(17)11-13;/h2-3,5,8,13-14H,4,6-7,9-11,17H2,1H3,(H,18,19);1H. The first-order chi connectivity index (χ1) is 9.70. The van der Waals surface area contributed by atoms with Gasteiger partial charge in [-0.25, -0.2) is 0 Å². The van der Waals surface area contributed by atoms with Crippen molar-refractivity contribution >= 4 is 18.3 Å². The molecular weight excluding hydrogens is 288 g/mol. The van der Waals surface area contributed by atoms with Crippen LogP contribution >= 0.6 is 12.4 Å². The largest absolute Gasteiger partial charge is 0.496 e. The van der Waals surface area contributed by atoms with Crippen molar-refractivity contribution in [2.45, 2.75) is 38.1 Å². The Balaban J connectivity index is 0.00000220. The van der Waals surface area contributed by atoms with Crippen molar-refractivity contribution in [2.24, 2.45) is 11.7 Å². The number of halogens is 1. The lowest BCUT2D eigenvalue weighted by atomic mass is 9.85. The molecule has 0 saturated heterocycles. The molecule has 4 nitrogen and oxygen atoms in total. The summed E-state index contributed by atoms with van der Waals surface area (Å²) in [5.74, 6) is 1.12. The monoisotopic (exact) mass is 312 g/mol. The normalized spacial score (nSPS) is 21.2. The molecule has 0 bridgehead atoms. The maximum atomic E-state index is 12.1. The van der Waals surface area contributed by atoms with Crippen LogP contribution < -0.4 is 15.8 Å². The van der Waals surface area contributed by atoms with Gasteiger partial charge in [0.2, 0.25) is 5.91 Å². The number of amides is 1. The molecule has 0 aliphatic heterocycles. The molecule has 1 amide bonds. The number of benzene rings is 1. The lowest BCUT2D eigenvalue weighted by Crippen LogP contribution is -2.38. The predicted molar refractivity (Wildman–Crippen MR) is 86.9 cm³/mol. The molecule has 2 rings (SSSR count). The Kier molecular flexibility index (Phi) is 7.54. The summed E-state index contributed by atoms with van der Waals surface area (Å²) in [6.07, 6.45) is 4.68. The van der Waals surface area contributed by atoms with E-state index in [1.165, 1.54) is 0 Å². The zero-order valence-electron chi connectivity index (χ0n) is 12.5. The molecule has 1 aliphatic rings. The van der Waals surface area contributed by atoms with Gasteiger partial charge in [-0.1, -0.05) is 24.6 Å². The molecule has 2 atom stereocenters. The average molecular weight is 313 g/mol. The van der Waals surface area contributed by atoms with E-state index in [1.807, 2.05) is 24.3 Å². The number of carbonyl (C=O) groups excluding carboxylic acids is 1. The number of nitrogens with two attached hydrogens (primary N) is 1. The van der Waals surface area contributed by atoms with E-state index in [4.69, 9.17) is 10.5 Å². The number of hydrogen-bond donors (Lipinski definition) is 2. The Morgan fingerprint density at radius 2 is 2.14 bits per heavy atom. The second-order valence-electron chi connectivity index (χ2n) is 5.48. The highest BCUT2D eigenvalue weighted by atomic mass is 35.5. The van der Waals surface area contributed by atoms with Crippen LogP contribution in [0.1, 0.15) is 31.2 Å². The van der Waals surface area contributed by atoms with Gasteiger partial charge in [-0.15, -0.1) is 12.4 Å². The van der Waals surface area contributed by atoms with Crippen molar-refractivity contribution in [3.63, 3.8) is 0 Å². The summed E-state index contributed by atoms with van der Waals surface area (Å²) in [6.45, 7) is 0.644. The van der Waals surface area contributed by atoms with E-state index in [-0.39, 0.29) is 30.3 Å². The molecule has 1 saturated carbocycles. The van der Waals surface area contributed by atoms with Crippen molar-refractivity contribution in [3.8, 4) is 5.75 Å². The second-order valence-corrected chi connectivity index (χ2v) is 5.48. The first-order valence-corrected chi connectivity index (χ1v) is 7.36. The molecular formula is C16H25ClN2O2. The topological polar surface area (TPSA) is 64.3 Å². The summed E-state index contributed by atoms with van der Waals surface area (Å²) in [4.78, 5) is 12.1. The van der Waals surface area contributed by atoms with Crippen LogP contribution in [0.4, 0.5) is 0 Å². The molecule has 3 N–H and O–H groups in total. The lowest BCUT2D eigenvalue weighted by Gasteiger charge is -2.25. The van der Waals surface area contributed by atoms with Gasteiger partial charge in [0.1, 0.15) is 5.75 Å². The molecule has 21 heavy (non-hydrogen) atoms. The van der Waals surface area contributed by atoms with E-state index in [1.54, 1.807) is 7.11 Å². The first-order valence-electron chi connectivity index (χ1n) is 7.36. The second kappa shape index (κ2) is 8.90. The Labute approximate surface area is 132 Å². The van der Waals surface area contributed by atoms with Crippen molar-refractivity contribution in [3.05, 3.63) is 29.8 Å². The fraction of sp³-hybridized carbons (Fsp3) is 0.562. The van der Waals surface area contributed by atoms with Gasteiger partial charge in [0.25, 0.3) is 0 Å². The number of methoxy groups -OCH3 is 1. The summed E-state index contributed by atoms with van der Waals surface area (Å²) in [6, 6.07) is 8.09. The smallest absolute Gasteiger partial charge is 0.223 e. The number of nitrogens with one attached hydrogen (secondary N) is 1. The third-order valence-electron chi connectivity index (χ3n) is 3.97. The van der Waals surface area contributed by atoms with Crippen molar-refractivity contribution in [1.29, 1.82) is 0 Å². The highest BCUT2D eigenvalue weighted by molar-refractivity contribution is 5.85. The average Bonchev–Trinajstić information content (AvgIpc) is 2.47. The zero-order chi connectivity index (χ0) is 14.4. The number of carbonyl (C=O) groups is 1. The summed E-state index contributed by atoms with van der Waals surface area (Å²) >= 11 is 0. The van der Waals surface area contributed by atoms with E-state index >= 15 is 0 Å². The van der Waals surface area contributed by atoms with E-state index < -0.39 is 0 Å². The van der Waals surface area contributed by atoms with Gasteiger partial charge < -0.3 is 15.8 Å². The number of para-hydroxylation sites is 1. The first kappa shape index (κ1) is 17.8. The van der Waals surface area contributed by atoms with Crippen LogP contribution in [-0.2, 0) is 11.2 Å². The van der Waals surface area contributed by atoms with E-state index in [2.05, 4.69) is 5.32 Å². The van der Waals surface area contributed by atoms with Gasteiger partial charge in [-0.3, -0.25) is 4.79 Å². The molecule has 0 heterocycles. The van der Waals surface area contributed by atoms with Gasteiger partial charge in [-0.2, -0.15) is 0 Å². The van der Waals surface area contributed by atoms with Crippen LogP contribution in [0.5, 0.6) is 5.75 Å². The van der Waals surface area contributed by atoms with Gasteiger partial charge in [0, 0.05) is 18.5 Å². The van der Waals surface area contributed by atoms with Gasteiger partial charge in [0.05, 0.1) is 7.11 Å². The van der Waals surface area contributed by atoms with E-state index in [9.17, 15) is 4.79 Å². The summed E-state index contributed by atoms with van der Waals surface area (Å²) in [7, 11) is 1.67. The maximum Gasteiger partial charge on any atom is 0.223 e. The minimum absolute atomic E-state index is 0. The third kappa shape index (κ3) is 5.21. The predicted octanol–water partition coefficient (Wildman–Crippen LogP) is 2.29. The molecule has 5 heteroatoms. The van der Waals surface area contributed by atoms with Crippen molar-refractivity contribution in [1.82, 2.24) is 5.32 Å². The van der Waals surface area contributed by atoms with Crippen LogP contribution in [0.25, 0.3) is 0 Å². The molecule has 0 spiro atoms. The van der Waals surface area contributed by atoms with E-state index in [0.717, 1.165) is 43.4 Å². The molecule has 1 fully saturated rings. The molecule has 2 unspecified atom stereocenters. The minimum Gasteiger partial charge on any atom is -0.496 e. The molecule has 0 aromatic heterocycles. The number of hydrogen-bond acceptors (Lipinski definition) is 3. The Bertz CT molecular complexity index is 454. The number of rotatable bonds is 5. The van der Waals surface area contributed by atoms with Gasteiger partial charge in [0.15, 0.2) is 0 Å². The highest BCUT2D eigenvalue weighted by Gasteiger charge is 2.24. The van der Waals surface area contributed by atoms with Crippen LogP contribution in [0.2, 0.25) is 0 Å². The molecule has 1 aliphatic carbocycles. The molecule has 1 aromatic rings. The molecule has 1 aromatic carbocycles. The van der Waals surface area contributed by atoms with Crippen LogP contribution in [0.15, 0.2) is 24.3 Å². The van der Waals surface area contributed by atoms with E-state index in [0.29, 0.717) is 6.54 Å². The third-order valence-corrected chi connectivity index (χ3v) is 3.97. The summed E-state index contributed by atoms with van der Waals surface area (Å²) in [5.41, 5.74) is 7.04. The Hall–Kier alpha value is -1.26. The SMILES string of the molecule is COc1ccccc1CCNC(=O)C1CCCC(N)C1.Cl.